The maximum absolute atomic E-state index is 6.33. The molecule has 1 fully saturated rings. The Kier molecular flexibility index (Phi) is 3.50. The summed E-state index contributed by atoms with van der Waals surface area (Å²) in [5, 5.41) is 3.36. The molecule has 2 aromatic rings. The molecule has 1 aliphatic heterocycles. The van der Waals surface area contributed by atoms with Crippen LogP contribution in [0.5, 0.6) is 0 Å². The van der Waals surface area contributed by atoms with E-state index < -0.39 is 0 Å². The zero-order chi connectivity index (χ0) is 13.2. The molecule has 3 N–H and O–H groups in total. The first kappa shape index (κ1) is 12.6. The molecular formula is C14H21N5. The Balaban J connectivity index is 1.75. The van der Waals surface area contributed by atoms with E-state index in [9.17, 15) is 0 Å². The molecule has 102 valence electrons. The minimum atomic E-state index is 0.0597. The summed E-state index contributed by atoms with van der Waals surface area (Å²) in [5.41, 5.74) is 9.67. The number of hydrogen-bond donors (Lipinski definition) is 2. The van der Waals surface area contributed by atoms with E-state index in [2.05, 4.69) is 33.4 Å². The Morgan fingerprint density at radius 3 is 2.95 bits per heavy atom. The van der Waals surface area contributed by atoms with Gasteiger partial charge in [-0.3, -0.25) is 4.90 Å². The summed E-state index contributed by atoms with van der Waals surface area (Å²) in [6.07, 6.45) is 1.84. The van der Waals surface area contributed by atoms with Gasteiger partial charge in [-0.15, -0.1) is 0 Å². The predicted molar refractivity (Wildman–Crippen MR) is 77.0 cm³/mol. The van der Waals surface area contributed by atoms with Crippen molar-refractivity contribution in [2.24, 2.45) is 12.8 Å². The molecule has 1 aromatic heterocycles. The van der Waals surface area contributed by atoms with Gasteiger partial charge in [0.1, 0.15) is 0 Å². The van der Waals surface area contributed by atoms with E-state index >= 15 is 0 Å². The molecule has 5 nitrogen and oxygen atoms in total. The number of nitrogens with zero attached hydrogens (tertiary/aromatic N) is 3. The van der Waals surface area contributed by atoms with Gasteiger partial charge in [0.25, 0.3) is 0 Å². The van der Waals surface area contributed by atoms with Crippen LogP contribution in [0.25, 0.3) is 11.0 Å². The molecule has 0 radical (unpaired) electrons. The molecule has 0 bridgehead atoms. The maximum atomic E-state index is 6.33. The summed E-state index contributed by atoms with van der Waals surface area (Å²) in [4.78, 5) is 6.81. The lowest BCUT2D eigenvalue weighted by Gasteiger charge is -2.29. The number of aryl methyl sites for hydroxylation is 1. The van der Waals surface area contributed by atoms with Crippen molar-refractivity contribution in [2.45, 2.75) is 6.04 Å². The summed E-state index contributed by atoms with van der Waals surface area (Å²) in [7, 11) is 2.01. The fraction of sp³-hybridized carbons (Fsp3) is 0.500. The monoisotopic (exact) mass is 259 g/mol. The number of nitrogens with one attached hydrogen (secondary N) is 1. The van der Waals surface area contributed by atoms with Crippen LogP contribution >= 0.6 is 0 Å². The molecule has 0 spiro atoms. The van der Waals surface area contributed by atoms with Crippen LogP contribution < -0.4 is 11.1 Å². The predicted octanol–water partition coefficient (Wildman–Crippen LogP) is 0.478. The molecule has 19 heavy (non-hydrogen) atoms. The third-order valence-corrected chi connectivity index (χ3v) is 3.84. The average Bonchev–Trinajstić information content (AvgIpc) is 2.81. The van der Waals surface area contributed by atoms with Crippen molar-refractivity contribution in [2.75, 3.05) is 32.7 Å². The van der Waals surface area contributed by atoms with Gasteiger partial charge >= 0.3 is 0 Å². The number of hydrogen-bond acceptors (Lipinski definition) is 4. The minimum absolute atomic E-state index is 0.0597. The van der Waals surface area contributed by atoms with Gasteiger partial charge in [0.2, 0.25) is 0 Å². The highest BCUT2D eigenvalue weighted by Gasteiger charge is 2.15. The molecule has 0 aliphatic carbocycles. The lowest BCUT2D eigenvalue weighted by molar-refractivity contribution is 0.228. The SMILES string of the molecule is Cn1cnc2cc(C(N)CN3CCNCC3)ccc21. The number of aromatic nitrogens is 2. The van der Waals surface area contributed by atoms with Gasteiger partial charge in [-0.05, 0) is 17.7 Å². The van der Waals surface area contributed by atoms with E-state index in [0.29, 0.717) is 0 Å². The van der Waals surface area contributed by atoms with Crippen molar-refractivity contribution in [1.29, 1.82) is 0 Å². The lowest BCUT2D eigenvalue weighted by atomic mass is 10.1. The number of benzene rings is 1. The van der Waals surface area contributed by atoms with Gasteiger partial charge in [-0.2, -0.15) is 0 Å². The van der Waals surface area contributed by atoms with Crippen molar-refractivity contribution < 1.29 is 0 Å². The fourth-order valence-corrected chi connectivity index (χ4v) is 2.66. The normalized spacial score (nSPS) is 18.8. The summed E-state index contributed by atoms with van der Waals surface area (Å²) < 4.78 is 2.03. The lowest BCUT2D eigenvalue weighted by Crippen LogP contribution is -2.45. The first-order valence-corrected chi connectivity index (χ1v) is 6.83. The Labute approximate surface area is 113 Å². The van der Waals surface area contributed by atoms with Crippen LogP contribution in [0.2, 0.25) is 0 Å². The third-order valence-electron chi connectivity index (χ3n) is 3.84. The second-order valence-corrected chi connectivity index (χ2v) is 5.26. The molecule has 2 heterocycles. The van der Waals surface area contributed by atoms with Crippen LogP contribution in [0.4, 0.5) is 0 Å². The molecule has 1 atom stereocenters. The second-order valence-electron chi connectivity index (χ2n) is 5.26. The van der Waals surface area contributed by atoms with Gasteiger partial charge in [0, 0.05) is 45.8 Å². The number of nitrogens with two attached hydrogens (primary N) is 1. The smallest absolute Gasteiger partial charge is 0.0955 e. The van der Waals surface area contributed by atoms with Crippen molar-refractivity contribution in [1.82, 2.24) is 19.8 Å². The maximum Gasteiger partial charge on any atom is 0.0955 e. The molecule has 1 saturated heterocycles. The highest BCUT2D eigenvalue weighted by molar-refractivity contribution is 5.76. The first-order valence-electron chi connectivity index (χ1n) is 6.83. The Bertz CT molecular complexity index is 556. The average molecular weight is 259 g/mol. The van der Waals surface area contributed by atoms with E-state index in [0.717, 1.165) is 43.8 Å². The first-order chi connectivity index (χ1) is 9.24. The highest BCUT2D eigenvalue weighted by Crippen LogP contribution is 2.18. The molecule has 0 amide bonds. The van der Waals surface area contributed by atoms with Crippen LogP contribution in [-0.2, 0) is 7.05 Å². The second kappa shape index (κ2) is 5.28. The number of fused-ring (bicyclic) bond motifs is 1. The van der Waals surface area contributed by atoms with Gasteiger partial charge in [-0.1, -0.05) is 6.07 Å². The summed E-state index contributed by atoms with van der Waals surface area (Å²) in [5.74, 6) is 0. The van der Waals surface area contributed by atoms with E-state index in [1.54, 1.807) is 0 Å². The Morgan fingerprint density at radius 1 is 1.37 bits per heavy atom. The summed E-state index contributed by atoms with van der Waals surface area (Å²) in [6.45, 7) is 5.21. The Hall–Kier alpha value is -1.43. The van der Waals surface area contributed by atoms with Crippen molar-refractivity contribution in [3.63, 3.8) is 0 Å². The zero-order valence-corrected chi connectivity index (χ0v) is 11.3. The molecule has 3 rings (SSSR count). The van der Waals surface area contributed by atoms with Crippen molar-refractivity contribution in [3.05, 3.63) is 30.1 Å². The van der Waals surface area contributed by atoms with Crippen LogP contribution in [0.3, 0.4) is 0 Å². The molecule has 1 unspecified atom stereocenters. The van der Waals surface area contributed by atoms with Gasteiger partial charge < -0.3 is 15.6 Å². The van der Waals surface area contributed by atoms with E-state index in [1.807, 2.05) is 17.9 Å². The minimum Gasteiger partial charge on any atom is -0.334 e. The molecular weight excluding hydrogens is 238 g/mol. The quantitative estimate of drug-likeness (QED) is 0.841. The Morgan fingerprint density at radius 2 is 2.16 bits per heavy atom. The van der Waals surface area contributed by atoms with Crippen LogP contribution in [0.15, 0.2) is 24.5 Å². The van der Waals surface area contributed by atoms with Gasteiger partial charge in [0.05, 0.1) is 17.4 Å². The van der Waals surface area contributed by atoms with E-state index in [4.69, 9.17) is 5.73 Å². The topological polar surface area (TPSA) is 59.1 Å². The molecule has 1 aliphatic rings. The number of rotatable bonds is 3. The third kappa shape index (κ3) is 2.63. The van der Waals surface area contributed by atoms with Crippen LogP contribution in [0, 0.1) is 0 Å². The van der Waals surface area contributed by atoms with Gasteiger partial charge in [-0.25, -0.2) is 4.98 Å². The van der Waals surface area contributed by atoms with Crippen molar-refractivity contribution in [3.8, 4) is 0 Å². The van der Waals surface area contributed by atoms with E-state index in [1.165, 1.54) is 5.56 Å². The largest absolute Gasteiger partial charge is 0.334 e. The summed E-state index contributed by atoms with van der Waals surface area (Å²) >= 11 is 0. The van der Waals surface area contributed by atoms with Crippen molar-refractivity contribution >= 4 is 11.0 Å². The number of piperazine rings is 1. The van der Waals surface area contributed by atoms with Crippen LogP contribution in [0.1, 0.15) is 11.6 Å². The standard InChI is InChI=1S/C14H21N5/c1-18-10-17-13-8-11(2-3-14(13)18)12(15)9-19-6-4-16-5-7-19/h2-3,8,10,12,16H,4-7,9,15H2,1H3. The zero-order valence-electron chi connectivity index (χ0n) is 11.3. The highest BCUT2D eigenvalue weighted by atomic mass is 15.2. The molecule has 1 aromatic carbocycles. The van der Waals surface area contributed by atoms with Gasteiger partial charge in [0.15, 0.2) is 0 Å². The fourth-order valence-electron chi connectivity index (χ4n) is 2.66. The molecule has 5 heteroatoms. The summed E-state index contributed by atoms with van der Waals surface area (Å²) in [6, 6.07) is 6.40. The number of imidazole rings is 1. The molecule has 0 saturated carbocycles. The van der Waals surface area contributed by atoms with Crippen LogP contribution in [-0.4, -0.2) is 47.2 Å². The van der Waals surface area contributed by atoms with E-state index in [-0.39, 0.29) is 6.04 Å².